The maximum absolute atomic E-state index is 13.3. The summed E-state index contributed by atoms with van der Waals surface area (Å²) < 4.78 is 59.9. The number of carbonyl (C=O) groups is 1. The van der Waals surface area contributed by atoms with Gasteiger partial charge in [0.05, 0.1) is 17.9 Å². The van der Waals surface area contributed by atoms with E-state index in [9.17, 15) is 21.6 Å². The molecule has 2 saturated heterocycles. The maximum atomic E-state index is 13.3. The second-order valence-corrected chi connectivity index (χ2v) is 13.3. The van der Waals surface area contributed by atoms with Crippen LogP contribution >= 0.6 is 11.6 Å². The normalized spacial score (nSPS) is 19.8. The van der Waals surface area contributed by atoms with Crippen molar-refractivity contribution in [3.63, 3.8) is 0 Å². The van der Waals surface area contributed by atoms with E-state index in [1.54, 1.807) is 30.3 Å². The van der Waals surface area contributed by atoms with Gasteiger partial charge in [0.2, 0.25) is 26.0 Å². The van der Waals surface area contributed by atoms with E-state index in [1.807, 2.05) is 0 Å². The minimum atomic E-state index is -3.90. The smallest absolute Gasteiger partial charge is 0.246 e. The summed E-state index contributed by atoms with van der Waals surface area (Å²) in [5, 5.41) is 3.14. The van der Waals surface area contributed by atoms with Gasteiger partial charge in [0.1, 0.15) is 10.6 Å². The molecule has 2 aromatic carbocycles. The van der Waals surface area contributed by atoms with Crippen molar-refractivity contribution in [2.24, 2.45) is 5.92 Å². The number of piperidine rings is 1. The average molecular weight is 556 g/mol. The van der Waals surface area contributed by atoms with Crippen molar-refractivity contribution < 1.29 is 26.4 Å². The zero-order chi connectivity index (χ0) is 25.9. The number of carbonyl (C=O) groups excluding carboxylic acids is 1. The molecule has 9 nitrogen and oxygen atoms in total. The summed E-state index contributed by atoms with van der Waals surface area (Å²) >= 11 is 6.03. The number of rotatable bonds is 8. The molecule has 1 atom stereocenters. The molecule has 2 heterocycles. The molecule has 2 fully saturated rings. The van der Waals surface area contributed by atoms with Crippen molar-refractivity contribution in [3.8, 4) is 5.75 Å². The Balaban J connectivity index is 1.38. The fourth-order valence-electron chi connectivity index (χ4n) is 4.56. The first-order chi connectivity index (χ1) is 17.1. The Morgan fingerprint density at radius 1 is 0.972 bits per heavy atom. The molecule has 2 aromatic rings. The number of ether oxygens (including phenoxy) is 1. The third-order valence-electron chi connectivity index (χ3n) is 6.59. The Kier molecular flexibility index (Phi) is 8.25. The number of hydrogen-bond donors (Lipinski definition) is 1. The molecule has 0 bridgehead atoms. The third-order valence-corrected chi connectivity index (χ3v) is 10.6. The van der Waals surface area contributed by atoms with Gasteiger partial charge in [-0.05, 0) is 61.6 Å². The van der Waals surface area contributed by atoms with Crippen LogP contribution in [0.25, 0.3) is 0 Å². The first kappa shape index (κ1) is 26.9. The number of amides is 1. The standard InChI is InChI=1S/C24H30ClN3O6S2/c1-34-22-11-8-20(25)15-23(22)36(32,33)28-14-4-5-19(17-28)24(29)26-16-18-6-9-21(10-7-18)35(30,31)27-12-2-3-13-27/h6-11,15,19H,2-5,12-14,16-17H2,1H3,(H,26,29). The van der Waals surface area contributed by atoms with Crippen LogP contribution in [0.5, 0.6) is 5.75 Å². The molecule has 12 heteroatoms. The van der Waals surface area contributed by atoms with E-state index in [0.717, 1.165) is 18.4 Å². The fraction of sp³-hybridized carbons (Fsp3) is 0.458. The quantitative estimate of drug-likeness (QED) is 0.536. The summed E-state index contributed by atoms with van der Waals surface area (Å²) in [7, 11) is -6.00. The maximum Gasteiger partial charge on any atom is 0.246 e. The summed E-state index contributed by atoms with van der Waals surface area (Å²) in [6, 6.07) is 10.9. The van der Waals surface area contributed by atoms with E-state index < -0.39 is 26.0 Å². The van der Waals surface area contributed by atoms with Gasteiger partial charge in [-0.25, -0.2) is 16.8 Å². The van der Waals surface area contributed by atoms with Crippen LogP contribution in [-0.4, -0.2) is 64.6 Å². The van der Waals surface area contributed by atoms with Gasteiger partial charge >= 0.3 is 0 Å². The van der Waals surface area contributed by atoms with E-state index in [-0.39, 0.29) is 39.6 Å². The van der Waals surface area contributed by atoms with Crippen molar-refractivity contribution in [1.29, 1.82) is 0 Å². The van der Waals surface area contributed by atoms with E-state index in [2.05, 4.69) is 5.32 Å². The molecule has 0 saturated carbocycles. The molecule has 0 spiro atoms. The van der Waals surface area contributed by atoms with Crippen LogP contribution in [0.3, 0.4) is 0 Å². The van der Waals surface area contributed by atoms with Crippen LogP contribution in [-0.2, 0) is 31.4 Å². The van der Waals surface area contributed by atoms with Gasteiger partial charge < -0.3 is 10.1 Å². The van der Waals surface area contributed by atoms with Crippen molar-refractivity contribution in [2.45, 2.75) is 42.0 Å². The highest BCUT2D eigenvalue weighted by molar-refractivity contribution is 7.89. The van der Waals surface area contributed by atoms with Crippen LogP contribution in [0.2, 0.25) is 5.02 Å². The predicted octanol–water partition coefficient (Wildman–Crippen LogP) is 2.85. The first-order valence-electron chi connectivity index (χ1n) is 11.8. The number of hydrogen-bond acceptors (Lipinski definition) is 6. The average Bonchev–Trinajstić information content (AvgIpc) is 3.44. The lowest BCUT2D eigenvalue weighted by Gasteiger charge is -2.31. The lowest BCUT2D eigenvalue weighted by atomic mass is 9.99. The highest BCUT2D eigenvalue weighted by Gasteiger charge is 2.35. The van der Waals surface area contributed by atoms with Crippen LogP contribution in [0.1, 0.15) is 31.2 Å². The lowest BCUT2D eigenvalue weighted by molar-refractivity contribution is -0.126. The topological polar surface area (TPSA) is 113 Å². The summed E-state index contributed by atoms with van der Waals surface area (Å²) in [6.07, 6.45) is 2.85. The van der Waals surface area contributed by atoms with Gasteiger partial charge in [-0.2, -0.15) is 8.61 Å². The molecular formula is C24H30ClN3O6S2. The molecule has 0 aromatic heterocycles. The number of halogens is 1. The summed E-state index contributed by atoms with van der Waals surface area (Å²) in [5.74, 6) is -0.559. The molecule has 2 aliphatic heterocycles. The SMILES string of the molecule is COc1ccc(Cl)cc1S(=O)(=O)N1CCCC(C(=O)NCc2ccc(S(=O)(=O)N3CCCC3)cc2)C1. The molecule has 1 unspecified atom stereocenters. The Morgan fingerprint density at radius 3 is 2.31 bits per heavy atom. The van der Waals surface area contributed by atoms with E-state index >= 15 is 0 Å². The minimum absolute atomic E-state index is 0.0254. The van der Waals surface area contributed by atoms with Crippen molar-refractivity contribution in [2.75, 3.05) is 33.3 Å². The number of nitrogens with zero attached hydrogens (tertiary/aromatic N) is 2. The minimum Gasteiger partial charge on any atom is -0.495 e. The summed E-state index contributed by atoms with van der Waals surface area (Å²) in [4.78, 5) is 13.1. The molecule has 1 amide bonds. The molecule has 4 rings (SSSR count). The molecule has 36 heavy (non-hydrogen) atoms. The van der Waals surface area contributed by atoms with Crippen molar-refractivity contribution in [1.82, 2.24) is 13.9 Å². The number of benzene rings is 2. The van der Waals surface area contributed by atoms with E-state index in [1.165, 1.54) is 27.9 Å². The van der Waals surface area contributed by atoms with Gasteiger partial charge in [0.15, 0.2) is 0 Å². The van der Waals surface area contributed by atoms with Gasteiger partial charge in [0, 0.05) is 37.7 Å². The molecule has 1 N–H and O–H groups in total. The zero-order valence-electron chi connectivity index (χ0n) is 20.0. The molecular weight excluding hydrogens is 526 g/mol. The largest absolute Gasteiger partial charge is 0.495 e. The number of nitrogens with one attached hydrogen (secondary N) is 1. The second-order valence-electron chi connectivity index (χ2n) is 8.97. The third kappa shape index (κ3) is 5.70. The van der Waals surface area contributed by atoms with Crippen LogP contribution in [0.15, 0.2) is 52.3 Å². The summed E-state index contributed by atoms with van der Waals surface area (Å²) in [5.41, 5.74) is 0.757. The molecule has 2 aliphatic rings. The fourth-order valence-corrected chi connectivity index (χ4v) is 8.02. The molecule has 196 valence electrons. The zero-order valence-corrected chi connectivity index (χ0v) is 22.4. The predicted molar refractivity (Wildman–Crippen MR) is 136 cm³/mol. The Bertz CT molecular complexity index is 1310. The highest BCUT2D eigenvalue weighted by Crippen LogP contribution is 2.32. The molecule has 0 aliphatic carbocycles. The van der Waals surface area contributed by atoms with Crippen LogP contribution in [0.4, 0.5) is 0 Å². The van der Waals surface area contributed by atoms with Crippen LogP contribution < -0.4 is 10.1 Å². The second kappa shape index (κ2) is 11.1. The van der Waals surface area contributed by atoms with Crippen molar-refractivity contribution >= 4 is 37.6 Å². The number of sulfonamides is 2. The van der Waals surface area contributed by atoms with Crippen LogP contribution in [0, 0.1) is 5.92 Å². The first-order valence-corrected chi connectivity index (χ1v) is 15.1. The van der Waals surface area contributed by atoms with Gasteiger partial charge in [-0.1, -0.05) is 23.7 Å². The van der Waals surface area contributed by atoms with Gasteiger partial charge in [-0.15, -0.1) is 0 Å². The molecule has 0 radical (unpaired) electrons. The van der Waals surface area contributed by atoms with Gasteiger partial charge in [-0.3, -0.25) is 4.79 Å². The summed E-state index contributed by atoms with van der Waals surface area (Å²) in [6.45, 7) is 1.65. The number of methoxy groups -OCH3 is 1. The van der Waals surface area contributed by atoms with E-state index in [0.29, 0.717) is 32.5 Å². The van der Waals surface area contributed by atoms with E-state index in [4.69, 9.17) is 16.3 Å². The Labute approximate surface area is 217 Å². The highest BCUT2D eigenvalue weighted by atomic mass is 35.5. The Morgan fingerprint density at radius 2 is 1.64 bits per heavy atom. The lowest BCUT2D eigenvalue weighted by Crippen LogP contribution is -2.45. The van der Waals surface area contributed by atoms with Crippen molar-refractivity contribution in [3.05, 3.63) is 53.1 Å². The monoisotopic (exact) mass is 555 g/mol. The Hall–Kier alpha value is -2.18. The van der Waals surface area contributed by atoms with Gasteiger partial charge in [0.25, 0.3) is 0 Å².